The van der Waals surface area contributed by atoms with Crippen molar-refractivity contribution in [3.8, 4) is 0 Å². The third-order valence-corrected chi connectivity index (χ3v) is 1.54. The highest BCUT2D eigenvalue weighted by atomic mass is 16.1. The van der Waals surface area contributed by atoms with Crippen LogP contribution in [0.15, 0.2) is 24.7 Å². The fourth-order valence-corrected chi connectivity index (χ4v) is 1.01. The number of carbonyl (C=O) groups excluding carboxylic acids is 1. The molecule has 0 unspecified atom stereocenters. The van der Waals surface area contributed by atoms with Crippen molar-refractivity contribution in [2.75, 3.05) is 0 Å². The Hall–Kier alpha value is -1.91. The molecular weight excluding hydrogens is 156 g/mol. The van der Waals surface area contributed by atoms with Crippen LogP contribution in [0.25, 0.3) is 5.78 Å². The lowest BCUT2D eigenvalue weighted by molar-refractivity contribution is 0.0994. The summed E-state index contributed by atoms with van der Waals surface area (Å²) in [4.78, 5) is 18.6. The van der Waals surface area contributed by atoms with E-state index in [1.165, 1.54) is 6.20 Å². The molecule has 0 fully saturated rings. The summed E-state index contributed by atoms with van der Waals surface area (Å²) in [6.45, 7) is 0. The van der Waals surface area contributed by atoms with Crippen molar-refractivity contribution >= 4 is 11.7 Å². The molecule has 0 aliphatic carbocycles. The molecule has 5 heteroatoms. The maximum absolute atomic E-state index is 10.8. The molecule has 0 saturated heterocycles. The lowest BCUT2D eigenvalue weighted by Crippen LogP contribution is -2.13. The summed E-state index contributed by atoms with van der Waals surface area (Å²) in [5.41, 5.74) is 5.44. The number of hydrogen-bond acceptors (Lipinski definition) is 3. The van der Waals surface area contributed by atoms with Crippen LogP contribution in [0.3, 0.4) is 0 Å². The number of fused-ring (bicyclic) bond motifs is 1. The molecule has 0 aliphatic rings. The van der Waals surface area contributed by atoms with E-state index in [2.05, 4.69) is 9.97 Å². The number of amides is 1. The first-order valence-electron chi connectivity index (χ1n) is 3.37. The van der Waals surface area contributed by atoms with Crippen LogP contribution in [0.5, 0.6) is 0 Å². The fraction of sp³-hybridized carbons (Fsp3) is 0. The molecule has 0 bridgehead atoms. The largest absolute Gasteiger partial charge is 0.364 e. The highest BCUT2D eigenvalue weighted by molar-refractivity contribution is 5.91. The van der Waals surface area contributed by atoms with Crippen LogP contribution in [-0.4, -0.2) is 20.3 Å². The van der Waals surface area contributed by atoms with Crippen molar-refractivity contribution in [2.24, 2.45) is 5.73 Å². The predicted octanol–water partition coefficient (Wildman–Crippen LogP) is -0.172. The van der Waals surface area contributed by atoms with Crippen LogP contribution in [-0.2, 0) is 0 Å². The zero-order valence-corrected chi connectivity index (χ0v) is 6.14. The first-order chi connectivity index (χ1) is 5.79. The smallest absolute Gasteiger partial charge is 0.267 e. The summed E-state index contributed by atoms with van der Waals surface area (Å²) in [5.74, 6) is -0.0261. The molecule has 0 saturated carbocycles. The number of nitrogens with zero attached hydrogens (tertiary/aromatic N) is 3. The maximum Gasteiger partial charge on any atom is 0.267 e. The Balaban J connectivity index is 2.79. The van der Waals surface area contributed by atoms with Gasteiger partial charge in [0.25, 0.3) is 5.91 Å². The number of hydrogen-bond donors (Lipinski definition) is 1. The first-order valence-corrected chi connectivity index (χ1v) is 3.37. The molecule has 0 radical (unpaired) electrons. The molecular formula is C7H6N4O. The van der Waals surface area contributed by atoms with E-state index < -0.39 is 5.91 Å². The molecule has 2 aromatic rings. The number of imidazole rings is 1. The summed E-state index contributed by atoms with van der Waals surface area (Å²) in [5, 5.41) is 0. The van der Waals surface area contributed by atoms with E-state index in [-0.39, 0.29) is 0 Å². The van der Waals surface area contributed by atoms with Crippen molar-refractivity contribution in [1.82, 2.24) is 14.4 Å². The van der Waals surface area contributed by atoms with E-state index in [9.17, 15) is 4.79 Å². The van der Waals surface area contributed by atoms with Gasteiger partial charge in [-0.2, -0.15) is 0 Å². The number of aromatic nitrogens is 3. The van der Waals surface area contributed by atoms with E-state index in [4.69, 9.17) is 5.73 Å². The Morgan fingerprint density at radius 3 is 3.08 bits per heavy atom. The van der Waals surface area contributed by atoms with Crippen LogP contribution in [0.2, 0.25) is 0 Å². The predicted molar refractivity (Wildman–Crippen MR) is 41.5 cm³/mol. The van der Waals surface area contributed by atoms with Gasteiger partial charge in [-0.3, -0.25) is 9.20 Å². The Morgan fingerprint density at radius 1 is 1.50 bits per heavy atom. The third-order valence-electron chi connectivity index (χ3n) is 1.54. The van der Waals surface area contributed by atoms with Gasteiger partial charge in [0.05, 0.1) is 6.20 Å². The normalized spacial score (nSPS) is 10.3. The van der Waals surface area contributed by atoms with E-state index in [1.54, 1.807) is 22.9 Å². The van der Waals surface area contributed by atoms with Gasteiger partial charge in [0, 0.05) is 12.4 Å². The van der Waals surface area contributed by atoms with Gasteiger partial charge in [0.1, 0.15) is 5.69 Å². The molecule has 2 rings (SSSR count). The maximum atomic E-state index is 10.8. The lowest BCUT2D eigenvalue weighted by Gasteiger charge is -1.93. The zero-order valence-electron chi connectivity index (χ0n) is 6.14. The van der Waals surface area contributed by atoms with Crippen molar-refractivity contribution in [3.63, 3.8) is 0 Å². The summed E-state index contributed by atoms with van der Waals surface area (Å²) in [7, 11) is 0. The molecule has 0 atom stereocenters. The first kappa shape index (κ1) is 6.78. The summed E-state index contributed by atoms with van der Waals surface area (Å²) in [6, 6.07) is 1.71. The van der Waals surface area contributed by atoms with Gasteiger partial charge in [0.2, 0.25) is 5.78 Å². The SMILES string of the molecule is NC(=O)c1cnc2ncccn12. The Morgan fingerprint density at radius 2 is 2.33 bits per heavy atom. The minimum absolute atomic E-state index is 0.345. The quantitative estimate of drug-likeness (QED) is 0.632. The molecule has 1 amide bonds. The summed E-state index contributed by atoms with van der Waals surface area (Å²) in [6.07, 6.45) is 4.70. The van der Waals surface area contributed by atoms with Gasteiger partial charge in [-0.15, -0.1) is 0 Å². The van der Waals surface area contributed by atoms with Gasteiger partial charge in [-0.25, -0.2) is 9.97 Å². The second-order valence-electron chi connectivity index (χ2n) is 2.30. The van der Waals surface area contributed by atoms with Crippen molar-refractivity contribution < 1.29 is 4.79 Å². The monoisotopic (exact) mass is 162 g/mol. The Labute approximate surface area is 67.9 Å². The highest BCUT2D eigenvalue weighted by Crippen LogP contribution is 2.01. The minimum Gasteiger partial charge on any atom is -0.364 e. The molecule has 2 heterocycles. The van der Waals surface area contributed by atoms with Crippen molar-refractivity contribution in [1.29, 1.82) is 0 Å². The Kier molecular flexibility index (Phi) is 1.30. The number of carbonyl (C=O) groups is 1. The average molecular weight is 162 g/mol. The van der Waals surface area contributed by atoms with Crippen LogP contribution >= 0.6 is 0 Å². The molecule has 0 aliphatic heterocycles. The van der Waals surface area contributed by atoms with Crippen LogP contribution in [0.4, 0.5) is 0 Å². The van der Waals surface area contributed by atoms with E-state index >= 15 is 0 Å². The summed E-state index contributed by atoms with van der Waals surface area (Å²) < 4.78 is 1.54. The van der Waals surface area contributed by atoms with E-state index in [0.29, 0.717) is 11.5 Å². The van der Waals surface area contributed by atoms with E-state index in [1.807, 2.05) is 0 Å². The Bertz CT molecular complexity index is 434. The summed E-state index contributed by atoms with van der Waals surface area (Å²) >= 11 is 0. The standard InChI is InChI=1S/C7H6N4O/c8-6(12)5-4-10-7-9-2-1-3-11(5)7/h1-4H,(H2,8,12). The lowest BCUT2D eigenvalue weighted by atomic mass is 10.4. The second-order valence-corrected chi connectivity index (χ2v) is 2.30. The molecule has 2 N–H and O–H groups in total. The molecule has 12 heavy (non-hydrogen) atoms. The molecule has 0 spiro atoms. The van der Waals surface area contributed by atoms with Gasteiger partial charge in [-0.05, 0) is 6.07 Å². The van der Waals surface area contributed by atoms with Gasteiger partial charge in [-0.1, -0.05) is 0 Å². The number of rotatable bonds is 1. The number of primary amides is 1. The number of nitrogens with two attached hydrogens (primary N) is 1. The molecule has 60 valence electrons. The highest BCUT2D eigenvalue weighted by Gasteiger charge is 2.06. The average Bonchev–Trinajstić information content (AvgIpc) is 2.47. The van der Waals surface area contributed by atoms with E-state index in [0.717, 1.165) is 0 Å². The van der Waals surface area contributed by atoms with Crippen LogP contribution < -0.4 is 5.73 Å². The van der Waals surface area contributed by atoms with Crippen molar-refractivity contribution in [2.45, 2.75) is 0 Å². The topological polar surface area (TPSA) is 73.3 Å². The van der Waals surface area contributed by atoms with Crippen LogP contribution in [0, 0.1) is 0 Å². The van der Waals surface area contributed by atoms with Gasteiger partial charge in [0.15, 0.2) is 0 Å². The van der Waals surface area contributed by atoms with Crippen LogP contribution in [0.1, 0.15) is 10.5 Å². The zero-order chi connectivity index (χ0) is 8.55. The van der Waals surface area contributed by atoms with Crippen molar-refractivity contribution in [3.05, 3.63) is 30.4 Å². The van der Waals surface area contributed by atoms with Gasteiger partial charge < -0.3 is 5.73 Å². The third kappa shape index (κ3) is 0.833. The fourth-order valence-electron chi connectivity index (χ4n) is 1.01. The minimum atomic E-state index is -0.504. The molecule has 0 aromatic carbocycles. The van der Waals surface area contributed by atoms with Gasteiger partial charge >= 0.3 is 0 Å². The molecule has 5 nitrogen and oxygen atoms in total. The molecule has 2 aromatic heterocycles. The second kappa shape index (κ2) is 2.30.